The fourth-order valence-electron chi connectivity index (χ4n) is 2.32. The normalized spacial score (nSPS) is 15.3. The van der Waals surface area contributed by atoms with Gasteiger partial charge in [-0.25, -0.2) is 8.42 Å². The minimum Gasteiger partial charge on any atom is -0.207 e. The summed E-state index contributed by atoms with van der Waals surface area (Å²) in [5.41, 5.74) is 1.01. The first-order chi connectivity index (χ1) is 10.1. The standard InChI is InChI=1S/C16H16BrNO2S/c17-15-8-4-5-9-16(15)21(19,20)18(14-10-11-14)12-13-6-2-1-3-7-13/h1-9,14H,10-12H2. The van der Waals surface area contributed by atoms with E-state index in [1.807, 2.05) is 36.4 Å². The van der Waals surface area contributed by atoms with Crippen LogP contribution in [-0.2, 0) is 16.6 Å². The summed E-state index contributed by atoms with van der Waals surface area (Å²) in [4.78, 5) is 0.341. The zero-order chi connectivity index (χ0) is 14.9. The maximum Gasteiger partial charge on any atom is 0.244 e. The molecular weight excluding hydrogens is 350 g/mol. The van der Waals surface area contributed by atoms with E-state index in [1.54, 1.807) is 22.5 Å². The molecule has 0 spiro atoms. The molecule has 0 aromatic heterocycles. The van der Waals surface area contributed by atoms with Gasteiger partial charge in [0.15, 0.2) is 0 Å². The summed E-state index contributed by atoms with van der Waals surface area (Å²) in [5, 5.41) is 0. The second kappa shape index (κ2) is 5.91. The van der Waals surface area contributed by atoms with Gasteiger partial charge in [-0.3, -0.25) is 0 Å². The van der Waals surface area contributed by atoms with Crippen LogP contribution in [-0.4, -0.2) is 18.8 Å². The molecule has 1 fully saturated rings. The third-order valence-corrected chi connectivity index (χ3v) is 6.47. The van der Waals surface area contributed by atoms with Crippen molar-refractivity contribution in [3.8, 4) is 0 Å². The van der Waals surface area contributed by atoms with Crippen molar-refractivity contribution in [2.75, 3.05) is 0 Å². The van der Waals surface area contributed by atoms with Crippen molar-refractivity contribution >= 4 is 26.0 Å². The molecule has 110 valence electrons. The molecular formula is C16H16BrNO2S. The van der Waals surface area contributed by atoms with Crippen LogP contribution in [0.4, 0.5) is 0 Å². The van der Waals surface area contributed by atoms with E-state index in [0.29, 0.717) is 15.9 Å². The fraction of sp³-hybridized carbons (Fsp3) is 0.250. The van der Waals surface area contributed by atoms with Gasteiger partial charge in [-0.1, -0.05) is 42.5 Å². The van der Waals surface area contributed by atoms with Gasteiger partial charge in [-0.05, 0) is 46.5 Å². The molecule has 3 rings (SSSR count). The monoisotopic (exact) mass is 365 g/mol. The van der Waals surface area contributed by atoms with E-state index in [1.165, 1.54) is 0 Å². The lowest BCUT2D eigenvalue weighted by Gasteiger charge is -2.22. The summed E-state index contributed by atoms with van der Waals surface area (Å²) in [6.45, 7) is 0.426. The van der Waals surface area contributed by atoms with Crippen LogP contribution in [0.2, 0.25) is 0 Å². The van der Waals surface area contributed by atoms with Crippen LogP contribution < -0.4 is 0 Å². The third-order valence-electron chi connectivity index (χ3n) is 3.56. The number of hydrogen-bond donors (Lipinski definition) is 0. The quantitative estimate of drug-likeness (QED) is 0.807. The van der Waals surface area contributed by atoms with E-state index in [-0.39, 0.29) is 6.04 Å². The summed E-state index contributed by atoms with van der Waals surface area (Å²) in [6, 6.07) is 16.9. The van der Waals surface area contributed by atoms with E-state index in [9.17, 15) is 8.42 Å². The molecule has 3 nitrogen and oxygen atoms in total. The highest BCUT2D eigenvalue weighted by atomic mass is 79.9. The van der Waals surface area contributed by atoms with Crippen LogP contribution in [0, 0.1) is 0 Å². The van der Waals surface area contributed by atoms with Crippen molar-refractivity contribution in [3.63, 3.8) is 0 Å². The lowest BCUT2D eigenvalue weighted by Crippen LogP contribution is -2.32. The molecule has 2 aromatic rings. The summed E-state index contributed by atoms with van der Waals surface area (Å²) in [5.74, 6) is 0. The molecule has 0 atom stereocenters. The van der Waals surface area contributed by atoms with Gasteiger partial charge in [0.2, 0.25) is 10.0 Å². The van der Waals surface area contributed by atoms with Crippen LogP contribution in [0.1, 0.15) is 18.4 Å². The van der Waals surface area contributed by atoms with Crippen molar-refractivity contribution in [2.24, 2.45) is 0 Å². The number of hydrogen-bond acceptors (Lipinski definition) is 2. The second-order valence-electron chi connectivity index (χ2n) is 5.20. The first-order valence-electron chi connectivity index (χ1n) is 6.89. The molecule has 0 heterocycles. The number of rotatable bonds is 5. The molecule has 0 radical (unpaired) electrons. The molecule has 0 saturated heterocycles. The summed E-state index contributed by atoms with van der Waals surface area (Å²) in [7, 11) is -3.48. The fourth-order valence-corrected chi connectivity index (χ4v) is 4.95. The Morgan fingerprint density at radius 2 is 1.62 bits per heavy atom. The molecule has 21 heavy (non-hydrogen) atoms. The zero-order valence-corrected chi connectivity index (χ0v) is 13.8. The first kappa shape index (κ1) is 14.8. The van der Waals surface area contributed by atoms with Crippen molar-refractivity contribution < 1.29 is 8.42 Å². The van der Waals surface area contributed by atoms with Gasteiger partial charge in [-0.15, -0.1) is 0 Å². The van der Waals surface area contributed by atoms with Crippen LogP contribution >= 0.6 is 15.9 Å². The highest BCUT2D eigenvalue weighted by Gasteiger charge is 2.38. The van der Waals surface area contributed by atoms with Crippen LogP contribution in [0.15, 0.2) is 64.0 Å². The molecule has 1 aliphatic rings. The Kier molecular flexibility index (Phi) is 4.15. The number of sulfonamides is 1. The van der Waals surface area contributed by atoms with Crippen molar-refractivity contribution in [2.45, 2.75) is 30.3 Å². The van der Waals surface area contributed by atoms with E-state index in [0.717, 1.165) is 18.4 Å². The molecule has 5 heteroatoms. The minimum atomic E-state index is -3.48. The predicted molar refractivity (Wildman–Crippen MR) is 86.3 cm³/mol. The molecule has 0 unspecified atom stereocenters. The summed E-state index contributed by atoms with van der Waals surface area (Å²) < 4.78 is 28.1. The summed E-state index contributed by atoms with van der Waals surface area (Å²) >= 11 is 3.35. The van der Waals surface area contributed by atoms with Crippen molar-refractivity contribution in [1.82, 2.24) is 4.31 Å². The van der Waals surface area contributed by atoms with Gasteiger partial charge in [0.05, 0.1) is 4.90 Å². The maximum absolute atomic E-state index is 12.9. The second-order valence-corrected chi connectivity index (χ2v) is 7.91. The summed E-state index contributed by atoms with van der Waals surface area (Å²) in [6.07, 6.45) is 1.88. The van der Waals surface area contributed by atoms with E-state index in [2.05, 4.69) is 15.9 Å². The topological polar surface area (TPSA) is 37.4 Å². The Labute approximate surface area is 133 Å². The van der Waals surface area contributed by atoms with Gasteiger partial charge in [0, 0.05) is 17.1 Å². The average Bonchev–Trinajstić information content (AvgIpc) is 3.30. The van der Waals surface area contributed by atoms with Crippen LogP contribution in [0.25, 0.3) is 0 Å². The van der Waals surface area contributed by atoms with Gasteiger partial charge >= 0.3 is 0 Å². The Bertz CT molecular complexity index is 727. The van der Waals surface area contributed by atoms with Gasteiger partial charge in [0.1, 0.15) is 0 Å². The first-order valence-corrected chi connectivity index (χ1v) is 9.12. The van der Waals surface area contributed by atoms with Crippen molar-refractivity contribution in [3.05, 3.63) is 64.6 Å². The van der Waals surface area contributed by atoms with E-state index >= 15 is 0 Å². The van der Waals surface area contributed by atoms with Gasteiger partial charge < -0.3 is 0 Å². The molecule has 1 saturated carbocycles. The van der Waals surface area contributed by atoms with Gasteiger partial charge in [0.25, 0.3) is 0 Å². The molecule has 0 aliphatic heterocycles. The molecule has 0 N–H and O–H groups in total. The lowest BCUT2D eigenvalue weighted by molar-refractivity contribution is 0.398. The highest BCUT2D eigenvalue weighted by molar-refractivity contribution is 9.10. The SMILES string of the molecule is O=S(=O)(c1ccccc1Br)N(Cc1ccccc1)C1CC1. The molecule has 2 aromatic carbocycles. The average molecular weight is 366 g/mol. The number of benzene rings is 2. The Balaban J connectivity index is 1.96. The van der Waals surface area contributed by atoms with Crippen LogP contribution in [0.3, 0.4) is 0 Å². The maximum atomic E-state index is 12.9. The Morgan fingerprint density at radius 1 is 1.00 bits per heavy atom. The zero-order valence-electron chi connectivity index (χ0n) is 11.4. The van der Waals surface area contributed by atoms with Crippen molar-refractivity contribution in [1.29, 1.82) is 0 Å². The van der Waals surface area contributed by atoms with Crippen LogP contribution in [0.5, 0.6) is 0 Å². The number of halogens is 1. The predicted octanol–water partition coefficient (Wildman–Crippen LogP) is 3.80. The Morgan fingerprint density at radius 3 is 2.24 bits per heavy atom. The highest BCUT2D eigenvalue weighted by Crippen LogP contribution is 2.35. The van der Waals surface area contributed by atoms with E-state index < -0.39 is 10.0 Å². The smallest absolute Gasteiger partial charge is 0.207 e. The lowest BCUT2D eigenvalue weighted by atomic mass is 10.2. The molecule has 1 aliphatic carbocycles. The Hall–Kier alpha value is -1.17. The third kappa shape index (κ3) is 3.20. The number of nitrogens with zero attached hydrogens (tertiary/aromatic N) is 1. The molecule has 0 amide bonds. The minimum absolute atomic E-state index is 0.127. The molecule has 0 bridgehead atoms. The van der Waals surface area contributed by atoms with E-state index in [4.69, 9.17) is 0 Å². The van der Waals surface area contributed by atoms with Gasteiger partial charge in [-0.2, -0.15) is 4.31 Å². The largest absolute Gasteiger partial charge is 0.244 e.